The van der Waals surface area contributed by atoms with Gasteiger partial charge in [0.25, 0.3) is 11.8 Å². The van der Waals surface area contributed by atoms with Crippen LogP contribution in [0.15, 0.2) is 48.5 Å². The number of amides is 1. The zero-order valence-electron chi connectivity index (χ0n) is 15.5. The number of anilines is 1. The Kier molecular flexibility index (Phi) is 5.69. The van der Waals surface area contributed by atoms with Crippen molar-refractivity contribution in [1.29, 1.82) is 5.26 Å². The number of nitrogens with zero attached hydrogens (tertiary/aromatic N) is 2. The first-order valence-electron chi connectivity index (χ1n) is 8.46. The summed E-state index contributed by atoms with van der Waals surface area (Å²) in [4.78, 5) is 15.0. The van der Waals surface area contributed by atoms with Crippen molar-refractivity contribution in [3.8, 4) is 29.3 Å². The third-order valence-electron chi connectivity index (χ3n) is 3.78. The minimum absolute atomic E-state index is 0.167. The van der Waals surface area contributed by atoms with Gasteiger partial charge in [0.2, 0.25) is 5.91 Å². The lowest BCUT2D eigenvalue weighted by atomic mass is 10.2. The Morgan fingerprint density at radius 1 is 1.03 bits per heavy atom. The SMILES string of the molecule is CC(=O)Nc1cccc(Oc2nc(Oc3cccc(C#N)c3)c(F)c(C)c2F)c1. The number of carbonyl (C=O) groups excluding carboxylic acids is 1. The molecule has 29 heavy (non-hydrogen) atoms. The van der Waals surface area contributed by atoms with Gasteiger partial charge in [0.1, 0.15) is 11.5 Å². The van der Waals surface area contributed by atoms with Crippen molar-refractivity contribution < 1.29 is 23.0 Å². The number of carbonyl (C=O) groups is 1. The molecule has 146 valence electrons. The molecule has 0 aliphatic rings. The summed E-state index contributed by atoms with van der Waals surface area (Å²) in [5.41, 5.74) is 0.423. The quantitative estimate of drug-likeness (QED) is 0.651. The molecule has 0 atom stereocenters. The van der Waals surface area contributed by atoms with Crippen molar-refractivity contribution in [2.24, 2.45) is 0 Å². The summed E-state index contributed by atoms with van der Waals surface area (Å²) in [7, 11) is 0. The number of halogens is 2. The van der Waals surface area contributed by atoms with Crippen LogP contribution in [0.25, 0.3) is 0 Å². The molecule has 1 amide bonds. The lowest BCUT2D eigenvalue weighted by molar-refractivity contribution is -0.114. The third-order valence-corrected chi connectivity index (χ3v) is 3.78. The van der Waals surface area contributed by atoms with Crippen LogP contribution in [-0.4, -0.2) is 10.9 Å². The molecule has 0 fully saturated rings. The summed E-state index contributed by atoms with van der Waals surface area (Å²) in [6.45, 7) is 2.58. The number of rotatable bonds is 5. The van der Waals surface area contributed by atoms with Crippen molar-refractivity contribution in [1.82, 2.24) is 4.98 Å². The van der Waals surface area contributed by atoms with Gasteiger partial charge in [-0.15, -0.1) is 0 Å². The molecule has 0 aliphatic heterocycles. The van der Waals surface area contributed by atoms with Crippen molar-refractivity contribution >= 4 is 11.6 Å². The molecule has 0 saturated carbocycles. The molecule has 8 heteroatoms. The largest absolute Gasteiger partial charge is 0.436 e. The van der Waals surface area contributed by atoms with Crippen LogP contribution >= 0.6 is 0 Å². The van der Waals surface area contributed by atoms with Crippen LogP contribution in [0.4, 0.5) is 14.5 Å². The summed E-state index contributed by atoms with van der Waals surface area (Å²) < 4.78 is 39.8. The molecular formula is C21H15F2N3O3. The molecule has 2 aromatic carbocycles. The van der Waals surface area contributed by atoms with E-state index in [0.29, 0.717) is 11.3 Å². The minimum atomic E-state index is -0.982. The highest BCUT2D eigenvalue weighted by Gasteiger charge is 2.21. The predicted octanol–water partition coefficient (Wildman–Crippen LogP) is 5.08. The van der Waals surface area contributed by atoms with Gasteiger partial charge in [-0.2, -0.15) is 10.2 Å². The van der Waals surface area contributed by atoms with E-state index in [1.165, 1.54) is 38.1 Å². The highest BCUT2D eigenvalue weighted by atomic mass is 19.1. The van der Waals surface area contributed by atoms with Gasteiger partial charge >= 0.3 is 0 Å². The molecule has 0 bridgehead atoms. The topological polar surface area (TPSA) is 84.2 Å². The first kappa shape index (κ1) is 19.8. The number of ether oxygens (including phenoxy) is 2. The maximum absolute atomic E-state index is 14.5. The molecule has 0 aliphatic carbocycles. The summed E-state index contributed by atoms with van der Waals surface area (Å²) in [5, 5.41) is 11.5. The lowest BCUT2D eigenvalue weighted by Gasteiger charge is -2.13. The van der Waals surface area contributed by atoms with E-state index in [4.69, 9.17) is 14.7 Å². The first-order valence-corrected chi connectivity index (χ1v) is 8.46. The molecule has 1 aromatic heterocycles. The van der Waals surface area contributed by atoms with Crippen molar-refractivity contribution in [2.45, 2.75) is 13.8 Å². The highest BCUT2D eigenvalue weighted by molar-refractivity contribution is 5.88. The second-order valence-electron chi connectivity index (χ2n) is 6.03. The number of hydrogen-bond donors (Lipinski definition) is 1. The molecule has 0 unspecified atom stereocenters. The Hall–Kier alpha value is -3.99. The molecule has 0 spiro atoms. The second kappa shape index (κ2) is 8.35. The van der Waals surface area contributed by atoms with E-state index in [0.717, 1.165) is 0 Å². The summed E-state index contributed by atoms with van der Waals surface area (Å²) in [6.07, 6.45) is 0. The highest BCUT2D eigenvalue weighted by Crippen LogP contribution is 2.33. The van der Waals surface area contributed by atoms with Crippen molar-refractivity contribution in [3.63, 3.8) is 0 Å². The Bertz CT molecular complexity index is 1130. The van der Waals surface area contributed by atoms with E-state index in [9.17, 15) is 13.6 Å². The molecule has 0 saturated heterocycles. The van der Waals surface area contributed by atoms with Gasteiger partial charge < -0.3 is 14.8 Å². The molecule has 1 heterocycles. The van der Waals surface area contributed by atoms with E-state index in [-0.39, 0.29) is 23.0 Å². The fourth-order valence-electron chi connectivity index (χ4n) is 2.44. The minimum Gasteiger partial charge on any atom is -0.436 e. The normalized spacial score (nSPS) is 10.2. The maximum Gasteiger partial charge on any atom is 0.259 e. The Balaban J connectivity index is 1.94. The van der Waals surface area contributed by atoms with E-state index < -0.39 is 23.4 Å². The van der Waals surface area contributed by atoms with Crippen LogP contribution in [0.1, 0.15) is 18.1 Å². The van der Waals surface area contributed by atoms with Gasteiger partial charge in [0, 0.05) is 24.2 Å². The van der Waals surface area contributed by atoms with Crippen LogP contribution in [0.2, 0.25) is 0 Å². The van der Waals surface area contributed by atoms with Crippen LogP contribution < -0.4 is 14.8 Å². The smallest absolute Gasteiger partial charge is 0.259 e. The zero-order valence-corrected chi connectivity index (χ0v) is 15.5. The van der Waals surface area contributed by atoms with Gasteiger partial charge in [-0.1, -0.05) is 12.1 Å². The second-order valence-corrected chi connectivity index (χ2v) is 6.03. The predicted molar refractivity (Wildman–Crippen MR) is 101 cm³/mol. The number of hydrogen-bond acceptors (Lipinski definition) is 5. The number of aromatic nitrogens is 1. The van der Waals surface area contributed by atoms with Crippen molar-refractivity contribution in [2.75, 3.05) is 5.32 Å². The molecule has 3 aromatic rings. The maximum atomic E-state index is 14.5. The van der Waals surface area contributed by atoms with E-state index in [1.54, 1.807) is 24.3 Å². The Morgan fingerprint density at radius 3 is 2.21 bits per heavy atom. The number of pyridine rings is 1. The van der Waals surface area contributed by atoms with Gasteiger partial charge in [0.05, 0.1) is 11.6 Å². The van der Waals surface area contributed by atoms with Crippen molar-refractivity contribution in [3.05, 3.63) is 71.3 Å². The van der Waals surface area contributed by atoms with Crippen LogP contribution in [-0.2, 0) is 4.79 Å². The Morgan fingerprint density at radius 2 is 1.62 bits per heavy atom. The van der Waals surface area contributed by atoms with E-state index in [1.807, 2.05) is 6.07 Å². The third kappa shape index (κ3) is 4.65. The molecule has 0 radical (unpaired) electrons. The van der Waals surface area contributed by atoms with Crippen LogP contribution in [0.3, 0.4) is 0 Å². The first-order chi connectivity index (χ1) is 13.9. The number of benzene rings is 2. The van der Waals surface area contributed by atoms with Gasteiger partial charge in [-0.3, -0.25) is 4.79 Å². The molecule has 6 nitrogen and oxygen atoms in total. The van der Waals surface area contributed by atoms with E-state index >= 15 is 0 Å². The fourth-order valence-corrected chi connectivity index (χ4v) is 2.44. The van der Waals surface area contributed by atoms with Gasteiger partial charge in [0.15, 0.2) is 11.6 Å². The number of nitriles is 1. The molecule has 3 rings (SSSR count). The summed E-state index contributed by atoms with van der Waals surface area (Å²) in [6, 6.07) is 14.2. The fraction of sp³-hybridized carbons (Fsp3) is 0.0952. The monoisotopic (exact) mass is 395 g/mol. The van der Waals surface area contributed by atoms with E-state index in [2.05, 4.69) is 10.3 Å². The van der Waals surface area contributed by atoms with Gasteiger partial charge in [-0.25, -0.2) is 8.78 Å². The summed E-state index contributed by atoms with van der Waals surface area (Å²) >= 11 is 0. The number of nitrogens with one attached hydrogen (secondary N) is 1. The van der Waals surface area contributed by atoms with Crippen LogP contribution in [0.5, 0.6) is 23.3 Å². The van der Waals surface area contributed by atoms with Crippen LogP contribution in [0, 0.1) is 29.9 Å². The standard InChI is InChI=1S/C21H15F2N3O3/c1-12-18(22)20(28-16-7-3-5-14(9-16)11-24)26-21(19(12)23)29-17-8-4-6-15(10-17)25-13(2)27/h3-10H,1-2H3,(H,25,27). The Labute approximate surface area is 165 Å². The summed E-state index contributed by atoms with van der Waals surface area (Å²) in [5.74, 6) is -2.87. The average Bonchev–Trinajstić information content (AvgIpc) is 2.70. The molecule has 1 N–H and O–H groups in total. The lowest BCUT2D eigenvalue weighted by Crippen LogP contribution is -2.06. The van der Waals surface area contributed by atoms with Gasteiger partial charge in [-0.05, 0) is 37.3 Å². The zero-order chi connectivity index (χ0) is 21.0. The average molecular weight is 395 g/mol. The molecular weight excluding hydrogens is 380 g/mol.